The number of azo groups is 1. The summed E-state index contributed by atoms with van der Waals surface area (Å²) in [7, 11) is 0. The van der Waals surface area contributed by atoms with E-state index in [2.05, 4.69) is 15.5 Å². The van der Waals surface area contributed by atoms with Gasteiger partial charge >= 0.3 is 11.9 Å². The van der Waals surface area contributed by atoms with Crippen molar-refractivity contribution in [2.75, 3.05) is 6.54 Å². The molecule has 0 aromatic heterocycles. The number of aliphatic carboxylic acids is 1. The lowest BCUT2D eigenvalue weighted by Gasteiger charge is -2.04. The van der Waals surface area contributed by atoms with Crippen LogP contribution in [0.3, 0.4) is 0 Å². The van der Waals surface area contributed by atoms with E-state index in [1.165, 1.54) is 12.1 Å². The topological polar surface area (TPSA) is 128 Å². The Hall–Kier alpha value is -3.55. The van der Waals surface area contributed by atoms with E-state index < -0.39 is 17.8 Å². The third-order valence-electron chi connectivity index (χ3n) is 3.47. The molecule has 8 heteroatoms. The van der Waals surface area contributed by atoms with Crippen LogP contribution in [0, 0.1) is 6.92 Å². The largest absolute Gasteiger partial charge is 0.481 e. The van der Waals surface area contributed by atoms with Gasteiger partial charge in [-0.25, -0.2) is 4.79 Å². The number of carboxylic acids is 2. The molecule has 2 aromatic carbocycles. The summed E-state index contributed by atoms with van der Waals surface area (Å²) in [5.74, 6) is -2.45. The van der Waals surface area contributed by atoms with E-state index in [9.17, 15) is 14.4 Å². The van der Waals surface area contributed by atoms with Crippen molar-refractivity contribution < 1.29 is 24.6 Å². The minimum absolute atomic E-state index is 0.0290. The van der Waals surface area contributed by atoms with E-state index in [0.29, 0.717) is 22.5 Å². The second kappa shape index (κ2) is 8.52. The fourth-order valence-electron chi connectivity index (χ4n) is 2.11. The first kappa shape index (κ1) is 18.8. The number of hydrogen-bond acceptors (Lipinski definition) is 5. The van der Waals surface area contributed by atoms with Crippen LogP contribution in [0.4, 0.5) is 11.4 Å². The molecule has 3 N–H and O–H groups in total. The molecule has 0 atom stereocenters. The molecule has 2 aromatic rings. The zero-order valence-electron chi connectivity index (χ0n) is 14.0. The molecule has 26 heavy (non-hydrogen) atoms. The standard InChI is InChI=1S/C18H17N3O5/c1-11-5-6-14(10-15(11)18(25)26)21-20-13-4-2-3-12(9-13)17(24)19-8-7-16(22)23/h2-6,9-10H,7-8H2,1H3,(H,19,24)(H,22,23)(H,25,26)/b21-20+. The highest BCUT2D eigenvalue weighted by Gasteiger charge is 2.08. The summed E-state index contributed by atoms with van der Waals surface area (Å²) in [4.78, 5) is 33.6. The van der Waals surface area contributed by atoms with Gasteiger partial charge in [0.1, 0.15) is 0 Å². The first-order valence-corrected chi connectivity index (χ1v) is 7.72. The molecule has 2 rings (SSSR count). The molecule has 0 aliphatic heterocycles. The van der Waals surface area contributed by atoms with E-state index in [4.69, 9.17) is 10.2 Å². The smallest absolute Gasteiger partial charge is 0.336 e. The van der Waals surface area contributed by atoms with Gasteiger partial charge in [-0.1, -0.05) is 12.1 Å². The maximum Gasteiger partial charge on any atom is 0.336 e. The predicted octanol–water partition coefficient (Wildman–Crippen LogP) is 3.31. The molecule has 0 saturated carbocycles. The average molecular weight is 355 g/mol. The Kier molecular flexibility index (Phi) is 6.15. The van der Waals surface area contributed by atoms with Gasteiger partial charge in [-0.3, -0.25) is 9.59 Å². The molecular formula is C18H17N3O5. The summed E-state index contributed by atoms with van der Waals surface area (Å²) in [5.41, 5.74) is 1.88. The summed E-state index contributed by atoms with van der Waals surface area (Å²) >= 11 is 0. The first-order chi connectivity index (χ1) is 12.4. The summed E-state index contributed by atoms with van der Waals surface area (Å²) in [6.45, 7) is 1.72. The van der Waals surface area contributed by atoms with Crippen molar-refractivity contribution in [1.29, 1.82) is 0 Å². The lowest BCUT2D eigenvalue weighted by atomic mass is 10.1. The fraction of sp³-hybridized carbons (Fsp3) is 0.167. The minimum atomic E-state index is -1.04. The monoisotopic (exact) mass is 355 g/mol. The first-order valence-electron chi connectivity index (χ1n) is 7.72. The van der Waals surface area contributed by atoms with Gasteiger partial charge < -0.3 is 15.5 Å². The number of carbonyl (C=O) groups is 3. The predicted molar refractivity (Wildman–Crippen MR) is 93.3 cm³/mol. The van der Waals surface area contributed by atoms with Gasteiger partial charge in [0.05, 0.1) is 23.4 Å². The number of aromatic carboxylic acids is 1. The van der Waals surface area contributed by atoms with Crippen LogP contribution in [-0.4, -0.2) is 34.6 Å². The Morgan fingerprint density at radius 1 is 1.00 bits per heavy atom. The SMILES string of the molecule is Cc1ccc(/N=N/c2cccc(C(=O)NCCC(=O)O)c2)cc1C(=O)O. The third kappa shape index (κ3) is 5.23. The molecule has 8 nitrogen and oxygen atoms in total. The number of nitrogens with one attached hydrogen (secondary N) is 1. The van der Waals surface area contributed by atoms with Crippen LogP contribution in [0.2, 0.25) is 0 Å². The lowest BCUT2D eigenvalue weighted by molar-refractivity contribution is -0.136. The van der Waals surface area contributed by atoms with Crippen molar-refractivity contribution in [2.24, 2.45) is 10.2 Å². The van der Waals surface area contributed by atoms with Crippen molar-refractivity contribution in [2.45, 2.75) is 13.3 Å². The Morgan fingerprint density at radius 2 is 1.69 bits per heavy atom. The number of aryl methyl sites for hydroxylation is 1. The fourth-order valence-corrected chi connectivity index (χ4v) is 2.11. The Morgan fingerprint density at radius 3 is 2.35 bits per heavy atom. The molecule has 0 unspecified atom stereocenters. The Balaban J connectivity index is 2.12. The number of hydrogen-bond donors (Lipinski definition) is 3. The molecule has 0 aliphatic rings. The van der Waals surface area contributed by atoms with E-state index in [1.807, 2.05) is 0 Å². The van der Waals surface area contributed by atoms with Crippen LogP contribution in [0.5, 0.6) is 0 Å². The molecule has 0 aliphatic carbocycles. The number of amides is 1. The van der Waals surface area contributed by atoms with Gasteiger partial charge in [0, 0.05) is 12.1 Å². The molecule has 134 valence electrons. The maximum absolute atomic E-state index is 12.0. The van der Waals surface area contributed by atoms with Gasteiger partial charge in [0.25, 0.3) is 5.91 Å². The molecule has 0 fully saturated rings. The Bertz CT molecular complexity index is 877. The number of carboxylic acid groups (broad SMARTS) is 2. The van der Waals surface area contributed by atoms with Gasteiger partial charge in [0.15, 0.2) is 0 Å². The number of benzene rings is 2. The van der Waals surface area contributed by atoms with Gasteiger partial charge in [0.2, 0.25) is 0 Å². The molecular weight excluding hydrogens is 338 g/mol. The van der Waals surface area contributed by atoms with Crippen molar-refractivity contribution >= 4 is 29.2 Å². The molecule has 0 spiro atoms. The quantitative estimate of drug-likeness (QED) is 0.656. The van der Waals surface area contributed by atoms with E-state index >= 15 is 0 Å². The lowest BCUT2D eigenvalue weighted by Crippen LogP contribution is -2.25. The highest BCUT2D eigenvalue weighted by atomic mass is 16.4. The van der Waals surface area contributed by atoms with Crippen LogP contribution in [0.1, 0.15) is 32.7 Å². The van der Waals surface area contributed by atoms with Crippen molar-refractivity contribution in [3.63, 3.8) is 0 Å². The summed E-state index contributed by atoms with van der Waals surface area (Å²) in [6, 6.07) is 11.1. The minimum Gasteiger partial charge on any atom is -0.481 e. The second-order valence-electron chi connectivity index (χ2n) is 5.45. The Labute approximate surface area is 149 Å². The molecule has 0 saturated heterocycles. The van der Waals surface area contributed by atoms with Crippen LogP contribution < -0.4 is 5.32 Å². The molecule has 0 bridgehead atoms. The van der Waals surface area contributed by atoms with Crippen LogP contribution in [0.25, 0.3) is 0 Å². The zero-order valence-corrected chi connectivity index (χ0v) is 14.0. The number of carbonyl (C=O) groups excluding carboxylic acids is 1. The van der Waals surface area contributed by atoms with Gasteiger partial charge in [-0.15, -0.1) is 0 Å². The molecule has 0 radical (unpaired) electrons. The van der Waals surface area contributed by atoms with Gasteiger partial charge in [-0.05, 0) is 42.8 Å². The second-order valence-corrected chi connectivity index (χ2v) is 5.45. The van der Waals surface area contributed by atoms with Crippen LogP contribution >= 0.6 is 0 Å². The van der Waals surface area contributed by atoms with Crippen molar-refractivity contribution in [3.8, 4) is 0 Å². The summed E-state index contributed by atoms with van der Waals surface area (Å²) in [5, 5.41) is 28.2. The zero-order chi connectivity index (χ0) is 19.1. The summed E-state index contributed by atoms with van der Waals surface area (Å²) < 4.78 is 0. The van der Waals surface area contributed by atoms with Crippen LogP contribution in [-0.2, 0) is 4.79 Å². The van der Waals surface area contributed by atoms with E-state index in [1.54, 1.807) is 37.3 Å². The normalized spacial score (nSPS) is 10.7. The number of nitrogens with zero attached hydrogens (tertiary/aromatic N) is 2. The molecule has 1 amide bonds. The van der Waals surface area contributed by atoms with Gasteiger partial charge in [-0.2, -0.15) is 10.2 Å². The number of rotatable bonds is 7. The van der Waals surface area contributed by atoms with Crippen LogP contribution in [0.15, 0.2) is 52.7 Å². The van der Waals surface area contributed by atoms with Crippen molar-refractivity contribution in [1.82, 2.24) is 5.32 Å². The molecule has 0 heterocycles. The summed E-state index contributed by atoms with van der Waals surface area (Å²) in [6.07, 6.45) is -0.162. The highest BCUT2D eigenvalue weighted by molar-refractivity contribution is 5.95. The van der Waals surface area contributed by atoms with E-state index in [0.717, 1.165) is 0 Å². The average Bonchev–Trinajstić information content (AvgIpc) is 2.60. The van der Waals surface area contributed by atoms with E-state index in [-0.39, 0.29) is 18.5 Å². The maximum atomic E-state index is 12.0. The highest BCUT2D eigenvalue weighted by Crippen LogP contribution is 2.22. The van der Waals surface area contributed by atoms with Crippen molar-refractivity contribution in [3.05, 3.63) is 59.2 Å². The third-order valence-corrected chi connectivity index (χ3v) is 3.47.